The number of aryl methyl sites for hydroxylation is 2. The van der Waals surface area contributed by atoms with Crippen LogP contribution in [0.25, 0.3) is 10.2 Å². The van der Waals surface area contributed by atoms with E-state index in [-0.39, 0.29) is 0 Å². The van der Waals surface area contributed by atoms with Gasteiger partial charge in [0.1, 0.15) is 22.0 Å². The highest BCUT2D eigenvalue weighted by Crippen LogP contribution is 2.24. The average Bonchev–Trinajstić information content (AvgIpc) is 2.94. The van der Waals surface area contributed by atoms with E-state index in [0.29, 0.717) is 6.54 Å². The molecule has 18 heavy (non-hydrogen) atoms. The summed E-state index contributed by atoms with van der Waals surface area (Å²) in [5.74, 6) is 0.881. The van der Waals surface area contributed by atoms with Crippen molar-refractivity contribution in [1.82, 2.24) is 15.0 Å². The highest BCUT2D eigenvalue weighted by atomic mass is 32.1. The monoisotopic (exact) mass is 276 g/mol. The summed E-state index contributed by atoms with van der Waals surface area (Å²) in [4.78, 5) is 15.3. The van der Waals surface area contributed by atoms with Gasteiger partial charge in [0.15, 0.2) is 0 Å². The lowest BCUT2D eigenvalue weighted by Crippen LogP contribution is -2.01. The van der Waals surface area contributed by atoms with Gasteiger partial charge in [-0.2, -0.15) is 0 Å². The van der Waals surface area contributed by atoms with Crippen LogP contribution in [0.15, 0.2) is 17.8 Å². The number of thiazole rings is 1. The molecule has 0 atom stereocenters. The van der Waals surface area contributed by atoms with Crippen LogP contribution in [0.4, 0.5) is 5.82 Å². The van der Waals surface area contributed by atoms with Crippen LogP contribution in [-0.2, 0) is 6.54 Å². The lowest BCUT2D eigenvalue weighted by atomic mass is 10.4. The molecular formula is C12H12N4S2. The number of nitrogens with zero attached hydrogens (tertiary/aromatic N) is 3. The molecule has 4 nitrogen and oxygen atoms in total. The zero-order chi connectivity index (χ0) is 12.5. The van der Waals surface area contributed by atoms with Gasteiger partial charge in [0.05, 0.1) is 17.6 Å². The standard InChI is InChI=1S/C12H12N4S2/c1-7-8(2)18-10(16-7)5-13-11-9-3-4-17-12(9)15-6-14-11/h3-4,6H,5H2,1-2H3,(H,13,14,15). The number of hydrogen-bond acceptors (Lipinski definition) is 6. The highest BCUT2D eigenvalue weighted by Gasteiger charge is 2.06. The quantitative estimate of drug-likeness (QED) is 0.796. The number of aromatic nitrogens is 3. The van der Waals surface area contributed by atoms with E-state index in [1.807, 2.05) is 18.4 Å². The normalized spacial score (nSPS) is 11.0. The maximum Gasteiger partial charge on any atom is 0.138 e. The third-order valence-electron chi connectivity index (χ3n) is 2.74. The first kappa shape index (κ1) is 11.6. The largest absolute Gasteiger partial charge is 0.363 e. The van der Waals surface area contributed by atoms with Crippen LogP contribution in [0.3, 0.4) is 0 Å². The Balaban J connectivity index is 1.82. The van der Waals surface area contributed by atoms with Crippen molar-refractivity contribution < 1.29 is 0 Å². The van der Waals surface area contributed by atoms with Gasteiger partial charge in [-0.1, -0.05) is 0 Å². The number of fused-ring (bicyclic) bond motifs is 1. The van der Waals surface area contributed by atoms with Crippen molar-refractivity contribution in [3.63, 3.8) is 0 Å². The van der Waals surface area contributed by atoms with E-state index in [4.69, 9.17) is 0 Å². The Bertz CT molecular complexity index is 667. The highest BCUT2D eigenvalue weighted by molar-refractivity contribution is 7.16. The Labute approximate surface area is 113 Å². The first-order valence-electron chi connectivity index (χ1n) is 5.59. The van der Waals surface area contributed by atoms with Crippen LogP contribution in [0, 0.1) is 13.8 Å². The fourth-order valence-corrected chi connectivity index (χ4v) is 3.31. The predicted octanol–water partition coefficient (Wildman–Crippen LogP) is 3.38. The van der Waals surface area contributed by atoms with Crippen molar-refractivity contribution in [2.24, 2.45) is 0 Å². The molecule has 0 spiro atoms. The van der Waals surface area contributed by atoms with Gasteiger partial charge in [0, 0.05) is 4.88 Å². The molecule has 3 aromatic rings. The Morgan fingerprint density at radius 3 is 2.94 bits per heavy atom. The summed E-state index contributed by atoms with van der Waals surface area (Å²) in [6.07, 6.45) is 1.60. The average molecular weight is 276 g/mol. The zero-order valence-electron chi connectivity index (χ0n) is 10.1. The van der Waals surface area contributed by atoms with Crippen molar-refractivity contribution in [1.29, 1.82) is 0 Å². The molecule has 3 rings (SSSR count). The second kappa shape index (κ2) is 4.62. The number of rotatable bonds is 3. The molecule has 0 fully saturated rings. The zero-order valence-corrected chi connectivity index (χ0v) is 11.7. The first-order valence-corrected chi connectivity index (χ1v) is 7.28. The molecular weight excluding hydrogens is 264 g/mol. The van der Waals surface area contributed by atoms with Crippen LogP contribution in [-0.4, -0.2) is 15.0 Å². The van der Waals surface area contributed by atoms with Crippen LogP contribution in [0.5, 0.6) is 0 Å². The summed E-state index contributed by atoms with van der Waals surface area (Å²) in [6, 6.07) is 2.04. The van der Waals surface area contributed by atoms with Crippen molar-refractivity contribution in [3.05, 3.63) is 33.4 Å². The van der Waals surface area contributed by atoms with E-state index in [1.54, 1.807) is 29.0 Å². The molecule has 0 amide bonds. The fraction of sp³-hybridized carbons (Fsp3) is 0.250. The van der Waals surface area contributed by atoms with Crippen LogP contribution < -0.4 is 5.32 Å². The van der Waals surface area contributed by atoms with Crippen LogP contribution in [0.2, 0.25) is 0 Å². The lowest BCUT2D eigenvalue weighted by Gasteiger charge is -2.03. The van der Waals surface area contributed by atoms with Crippen molar-refractivity contribution in [2.45, 2.75) is 20.4 Å². The molecule has 92 valence electrons. The predicted molar refractivity (Wildman–Crippen MR) is 76.3 cm³/mol. The maximum absolute atomic E-state index is 4.51. The maximum atomic E-state index is 4.51. The van der Waals surface area contributed by atoms with Gasteiger partial charge in [-0.15, -0.1) is 22.7 Å². The Morgan fingerprint density at radius 2 is 2.17 bits per heavy atom. The molecule has 0 aliphatic carbocycles. The van der Waals surface area contributed by atoms with Gasteiger partial charge in [-0.05, 0) is 25.3 Å². The van der Waals surface area contributed by atoms with E-state index in [9.17, 15) is 0 Å². The second-order valence-electron chi connectivity index (χ2n) is 3.96. The molecule has 0 aliphatic rings. The van der Waals surface area contributed by atoms with Gasteiger partial charge in [0.2, 0.25) is 0 Å². The molecule has 1 N–H and O–H groups in total. The minimum atomic E-state index is 0.710. The van der Waals surface area contributed by atoms with Gasteiger partial charge in [-0.3, -0.25) is 0 Å². The van der Waals surface area contributed by atoms with Crippen molar-refractivity contribution in [2.75, 3.05) is 5.32 Å². The van der Waals surface area contributed by atoms with E-state index in [1.165, 1.54) is 4.88 Å². The van der Waals surface area contributed by atoms with E-state index in [0.717, 1.165) is 26.7 Å². The number of nitrogens with one attached hydrogen (secondary N) is 1. The Hall–Kier alpha value is -1.53. The lowest BCUT2D eigenvalue weighted by molar-refractivity contribution is 1.05. The summed E-state index contributed by atoms with van der Waals surface area (Å²) in [6.45, 7) is 4.84. The van der Waals surface area contributed by atoms with Crippen molar-refractivity contribution in [3.8, 4) is 0 Å². The van der Waals surface area contributed by atoms with Gasteiger partial charge >= 0.3 is 0 Å². The molecule has 0 aliphatic heterocycles. The third-order valence-corrected chi connectivity index (χ3v) is 4.64. The number of hydrogen-bond donors (Lipinski definition) is 1. The molecule has 0 radical (unpaired) electrons. The Kier molecular flexibility index (Phi) is 2.97. The first-order chi connectivity index (χ1) is 8.74. The summed E-state index contributed by atoms with van der Waals surface area (Å²) < 4.78 is 0. The van der Waals surface area contributed by atoms with Gasteiger partial charge in [0.25, 0.3) is 0 Å². The third kappa shape index (κ3) is 2.09. The van der Waals surface area contributed by atoms with E-state index < -0.39 is 0 Å². The number of thiophene rings is 1. The van der Waals surface area contributed by atoms with E-state index in [2.05, 4.69) is 27.2 Å². The Morgan fingerprint density at radius 1 is 1.28 bits per heavy atom. The molecule has 0 aromatic carbocycles. The summed E-state index contributed by atoms with van der Waals surface area (Å²) in [7, 11) is 0. The van der Waals surface area contributed by atoms with Crippen LogP contribution >= 0.6 is 22.7 Å². The minimum Gasteiger partial charge on any atom is -0.363 e. The summed E-state index contributed by atoms with van der Waals surface area (Å²) >= 11 is 3.35. The molecule has 0 unspecified atom stereocenters. The smallest absolute Gasteiger partial charge is 0.138 e. The molecule has 6 heteroatoms. The molecule has 0 saturated carbocycles. The fourth-order valence-electron chi connectivity index (χ4n) is 1.71. The minimum absolute atomic E-state index is 0.710. The second-order valence-corrected chi connectivity index (χ2v) is 6.15. The SMILES string of the molecule is Cc1nc(CNc2ncnc3sccc23)sc1C. The topological polar surface area (TPSA) is 50.7 Å². The van der Waals surface area contributed by atoms with Crippen LogP contribution in [0.1, 0.15) is 15.6 Å². The molecule has 0 bridgehead atoms. The molecule has 3 aromatic heterocycles. The van der Waals surface area contributed by atoms with Gasteiger partial charge < -0.3 is 5.32 Å². The number of anilines is 1. The van der Waals surface area contributed by atoms with Gasteiger partial charge in [-0.25, -0.2) is 15.0 Å². The van der Waals surface area contributed by atoms with Crippen molar-refractivity contribution >= 4 is 38.7 Å². The summed E-state index contributed by atoms with van der Waals surface area (Å²) in [5.41, 5.74) is 1.11. The molecule has 3 heterocycles. The van der Waals surface area contributed by atoms with E-state index >= 15 is 0 Å². The summed E-state index contributed by atoms with van der Waals surface area (Å²) in [5, 5.41) is 7.53. The molecule has 0 saturated heterocycles.